The Morgan fingerprint density at radius 3 is 2.70 bits per heavy atom. The van der Waals surface area contributed by atoms with Gasteiger partial charge in [0.2, 0.25) is 0 Å². The highest BCUT2D eigenvalue weighted by atomic mass is 79.9. The van der Waals surface area contributed by atoms with E-state index in [0.717, 1.165) is 27.7 Å². The summed E-state index contributed by atoms with van der Waals surface area (Å²) in [6.45, 7) is 4.06. The van der Waals surface area contributed by atoms with Gasteiger partial charge in [-0.25, -0.2) is 9.37 Å². The van der Waals surface area contributed by atoms with Crippen molar-refractivity contribution in [3.05, 3.63) is 63.1 Å². The van der Waals surface area contributed by atoms with E-state index in [-0.39, 0.29) is 5.82 Å². The van der Waals surface area contributed by atoms with Crippen molar-refractivity contribution in [1.82, 2.24) is 9.97 Å². The van der Waals surface area contributed by atoms with Crippen molar-refractivity contribution in [2.24, 2.45) is 0 Å². The lowest BCUT2D eigenvalue weighted by molar-refractivity contribution is 0.621. The zero-order valence-electron chi connectivity index (χ0n) is 12.6. The van der Waals surface area contributed by atoms with E-state index < -0.39 is 0 Å². The molecule has 3 nitrogen and oxygen atoms in total. The van der Waals surface area contributed by atoms with Crippen LogP contribution in [-0.4, -0.2) is 9.97 Å². The Morgan fingerprint density at radius 1 is 1.26 bits per heavy atom. The van der Waals surface area contributed by atoms with Crippen molar-refractivity contribution in [3.63, 3.8) is 0 Å². The van der Waals surface area contributed by atoms with Crippen LogP contribution in [0.1, 0.15) is 22.5 Å². The number of nitrogens with one attached hydrogen (secondary N) is 1. The number of rotatable bonds is 2. The number of nitrogens with zero attached hydrogens (tertiary/aromatic N) is 2. The number of H-pyrrole nitrogens is 1. The molecule has 0 atom stereocenters. The molecule has 5 heteroatoms. The lowest BCUT2D eigenvalue weighted by atomic mass is 10.1. The summed E-state index contributed by atoms with van der Waals surface area (Å²) in [7, 11) is 0. The molecule has 0 aliphatic carbocycles. The summed E-state index contributed by atoms with van der Waals surface area (Å²) in [5.41, 5.74) is 5.16. The molecule has 1 N–H and O–H groups in total. The molecule has 23 heavy (non-hydrogen) atoms. The van der Waals surface area contributed by atoms with Gasteiger partial charge in [-0.1, -0.05) is 6.07 Å². The number of imidazole rings is 1. The first-order chi connectivity index (χ1) is 11.0. The van der Waals surface area contributed by atoms with Crippen LogP contribution in [0.4, 0.5) is 4.39 Å². The molecule has 114 valence electrons. The number of fused-ring (bicyclic) bond motifs is 1. The van der Waals surface area contributed by atoms with Crippen molar-refractivity contribution >= 4 is 38.6 Å². The minimum absolute atomic E-state index is 0.338. The minimum atomic E-state index is -0.338. The summed E-state index contributed by atoms with van der Waals surface area (Å²) in [5, 5.41) is 9.43. The number of allylic oxidation sites excluding steroid dienone is 1. The van der Waals surface area contributed by atoms with Gasteiger partial charge in [0.25, 0.3) is 0 Å². The third kappa shape index (κ3) is 3.03. The third-order valence-corrected chi connectivity index (χ3v) is 4.34. The normalized spacial score (nSPS) is 11.7. The van der Waals surface area contributed by atoms with E-state index in [2.05, 4.69) is 32.0 Å². The fourth-order valence-electron chi connectivity index (χ4n) is 2.32. The summed E-state index contributed by atoms with van der Waals surface area (Å²) in [6.07, 6.45) is 1.68. The Morgan fingerprint density at radius 2 is 2.00 bits per heavy atom. The molecule has 3 aromatic rings. The van der Waals surface area contributed by atoms with Gasteiger partial charge >= 0.3 is 0 Å². The summed E-state index contributed by atoms with van der Waals surface area (Å²) in [4.78, 5) is 7.66. The average Bonchev–Trinajstić information content (AvgIpc) is 2.91. The van der Waals surface area contributed by atoms with E-state index in [1.165, 1.54) is 6.07 Å². The summed E-state index contributed by atoms with van der Waals surface area (Å²) in [6, 6.07) is 10.8. The molecule has 0 unspecified atom stereocenters. The van der Waals surface area contributed by atoms with Crippen molar-refractivity contribution < 1.29 is 4.39 Å². The lowest BCUT2D eigenvalue weighted by Gasteiger charge is -1.98. The fourth-order valence-corrected chi connectivity index (χ4v) is 2.72. The number of aromatic amines is 1. The van der Waals surface area contributed by atoms with E-state index >= 15 is 0 Å². The van der Waals surface area contributed by atoms with Crippen LogP contribution >= 0.6 is 15.9 Å². The predicted molar refractivity (Wildman–Crippen MR) is 93.2 cm³/mol. The number of halogens is 2. The Balaban J connectivity index is 2.08. The van der Waals surface area contributed by atoms with Crippen LogP contribution in [0, 0.1) is 31.0 Å². The van der Waals surface area contributed by atoms with Gasteiger partial charge in [-0.2, -0.15) is 5.26 Å². The molecule has 0 aliphatic heterocycles. The van der Waals surface area contributed by atoms with Crippen LogP contribution in [0.15, 0.2) is 34.8 Å². The summed E-state index contributed by atoms with van der Waals surface area (Å²) in [5.74, 6) is 0.170. The first-order valence-corrected chi connectivity index (χ1v) is 7.81. The topological polar surface area (TPSA) is 52.5 Å². The molecule has 0 spiro atoms. The van der Waals surface area contributed by atoms with Crippen molar-refractivity contribution in [2.45, 2.75) is 13.8 Å². The molecule has 3 rings (SSSR count). The second kappa shape index (κ2) is 5.98. The number of nitriles is 1. The molecule has 0 fully saturated rings. The van der Waals surface area contributed by atoms with E-state index in [9.17, 15) is 9.65 Å². The molecule has 0 aliphatic rings. The number of hydrogen-bond acceptors (Lipinski definition) is 2. The Kier molecular flexibility index (Phi) is 4.01. The first-order valence-electron chi connectivity index (χ1n) is 7.02. The highest BCUT2D eigenvalue weighted by molar-refractivity contribution is 9.10. The van der Waals surface area contributed by atoms with Gasteiger partial charge in [0, 0.05) is 0 Å². The SMILES string of the molecule is Cc1cc2nc(/C(C#N)=C/c3ccc(F)c(Br)c3)[nH]c2cc1C. The molecule has 1 aromatic heterocycles. The predicted octanol–water partition coefficient (Wildman–Crippen LogP) is 5.15. The molecule has 0 radical (unpaired) electrons. The van der Waals surface area contributed by atoms with Crippen LogP contribution < -0.4 is 0 Å². The highest BCUT2D eigenvalue weighted by Gasteiger charge is 2.10. The Bertz CT molecular complexity index is 941. The number of aryl methyl sites for hydroxylation is 2. The van der Waals surface area contributed by atoms with Gasteiger partial charge in [0.15, 0.2) is 0 Å². The smallest absolute Gasteiger partial charge is 0.149 e. The van der Waals surface area contributed by atoms with Crippen molar-refractivity contribution in [1.29, 1.82) is 5.26 Å². The number of aromatic nitrogens is 2. The number of hydrogen-bond donors (Lipinski definition) is 1. The molecular formula is C18H13BrFN3. The van der Waals surface area contributed by atoms with Crippen molar-refractivity contribution in [2.75, 3.05) is 0 Å². The van der Waals surface area contributed by atoms with Gasteiger partial charge in [-0.15, -0.1) is 0 Å². The van der Waals surface area contributed by atoms with Crippen molar-refractivity contribution in [3.8, 4) is 6.07 Å². The monoisotopic (exact) mass is 369 g/mol. The van der Waals surface area contributed by atoms with Gasteiger partial charge in [0.1, 0.15) is 17.7 Å². The largest absolute Gasteiger partial charge is 0.337 e. The van der Waals surface area contributed by atoms with E-state index in [4.69, 9.17) is 0 Å². The molecule has 0 bridgehead atoms. The van der Waals surface area contributed by atoms with Gasteiger partial charge in [-0.3, -0.25) is 0 Å². The molecule has 1 heterocycles. The van der Waals surface area contributed by atoms with E-state index in [1.807, 2.05) is 26.0 Å². The zero-order chi connectivity index (χ0) is 16.6. The van der Waals surface area contributed by atoms with Gasteiger partial charge < -0.3 is 4.98 Å². The minimum Gasteiger partial charge on any atom is -0.337 e. The zero-order valence-corrected chi connectivity index (χ0v) is 14.2. The lowest BCUT2D eigenvalue weighted by Crippen LogP contribution is -1.86. The number of benzene rings is 2. The molecule has 0 amide bonds. The first kappa shape index (κ1) is 15.4. The maximum Gasteiger partial charge on any atom is 0.149 e. The highest BCUT2D eigenvalue weighted by Crippen LogP contribution is 2.23. The molecule has 0 saturated heterocycles. The maximum absolute atomic E-state index is 13.3. The second-order valence-electron chi connectivity index (χ2n) is 5.38. The quantitative estimate of drug-likeness (QED) is 0.635. The standard InChI is InChI=1S/C18H13BrFN3/c1-10-5-16-17(6-11(10)2)23-18(22-16)13(9-21)7-12-3-4-15(20)14(19)8-12/h3-8H,1-2H3,(H,22,23)/b13-7+. The van der Waals surface area contributed by atoms with Gasteiger partial charge in [-0.05, 0) is 76.8 Å². The molecule has 0 saturated carbocycles. The van der Waals surface area contributed by atoms with Gasteiger partial charge in [0.05, 0.1) is 21.1 Å². The van der Waals surface area contributed by atoms with E-state index in [0.29, 0.717) is 15.9 Å². The summed E-state index contributed by atoms with van der Waals surface area (Å²) < 4.78 is 13.7. The van der Waals surface area contributed by atoms with Crippen LogP contribution in [0.25, 0.3) is 22.7 Å². The molecular weight excluding hydrogens is 357 g/mol. The summed E-state index contributed by atoms with van der Waals surface area (Å²) >= 11 is 3.15. The molecule has 2 aromatic carbocycles. The van der Waals surface area contributed by atoms with Crippen LogP contribution in [0.3, 0.4) is 0 Å². The van der Waals surface area contributed by atoms with Crippen LogP contribution in [0.5, 0.6) is 0 Å². The van der Waals surface area contributed by atoms with E-state index in [1.54, 1.807) is 18.2 Å². The Hall–Kier alpha value is -2.45. The third-order valence-electron chi connectivity index (χ3n) is 3.73. The average molecular weight is 370 g/mol. The fraction of sp³-hybridized carbons (Fsp3) is 0.111. The second-order valence-corrected chi connectivity index (χ2v) is 6.24. The van der Waals surface area contributed by atoms with Crippen LogP contribution in [-0.2, 0) is 0 Å². The van der Waals surface area contributed by atoms with Crippen LogP contribution in [0.2, 0.25) is 0 Å². The Labute approximate surface area is 141 Å². The maximum atomic E-state index is 13.3.